The van der Waals surface area contributed by atoms with Gasteiger partial charge in [-0.2, -0.15) is 0 Å². The maximum Gasteiger partial charge on any atom is 0.221 e. The van der Waals surface area contributed by atoms with Gasteiger partial charge in [-0.05, 0) is 44.5 Å². The van der Waals surface area contributed by atoms with Crippen LogP contribution in [0, 0.1) is 0 Å². The van der Waals surface area contributed by atoms with E-state index in [0.29, 0.717) is 0 Å². The molecule has 0 heterocycles. The van der Waals surface area contributed by atoms with Crippen molar-refractivity contribution in [3.63, 3.8) is 0 Å². The van der Waals surface area contributed by atoms with E-state index in [1.54, 1.807) is 0 Å². The molecule has 1 aromatic rings. The summed E-state index contributed by atoms with van der Waals surface area (Å²) in [7, 11) is 0. The molecule has 0 aliphatic rings. The lowest BCUT2D eigenvalue weighted by Gasteiger charge is -2.14. The number of anilines is 1. The summed E-state index contributed by atoms with van der Waals surface area (Å²) in [6, 6.07) is 8.22. The third-order valence-electron chi connectivity index (χ3n) is 2.70. The minimum Gasteiger partial charge on any atom is -0.326 e. The summed E-state index contributed by atoms with van der Waals surface area (Å²) in [6.45, 7) is 6.63. The Morgan fingerprint density at radius 3 is 2.89 bits per heavy atom. The average Bonchev–Trinajstić information content (AvgIpc) is 2.34. The topological polar surface area (TPSA) is 41.1 Å². The van der Waals surface area contributed by atoms with Gasteiger partial charge >= 0.3 is 0 Å². The largest absolute Gasteiger partial charge is 0.326 e. The van der Waals surface area contributed by atoms with Gasteiger partial charge in [0.15, 0.2) is 0 Å². The van der Waals surface area contributed by atoms with Gasteiger partial charge in [0.05, 0.1) is 0 Å². The molecule has 0 saturated carbocycles. The molecule has 1 aromatic carbocycles. The van der Waals surface area contributed by atoms with Crippen molar-refractivity contribution in [1.29, 1.82) is 0 Å². The van der Waals surface area contributed by atoms with E-state index in [9.17, 15) is 4.79 Å². The number of nitrogens with one attached hydrogen (secondary N) is 2. The van der Waals surface area contributed by atoms with Crippen LogP contribution in [-0.2, 0) is 4.79 Å². The molecular weight excluding hydrogens is 224 g/mol. The lowest BCUT2D eigenvalue weighted by molar-refractivity contribution is -0.114. The summed E-state index contributed by atoms with van der Waals surface area (Å²) in [5.41, 5.74) is 2.03. The quantitative estimate of drug-likeness (QED) is 0.597. The van der Waals surface area contributed by atoms with Gasteiger partial charge in [-0.25, -0.2) is 0 Å². The molecule has 1 atom stereocenters. The van der Waals surface area contributed by atoms with Crippen LogP contribution in [0.2, 0.25) is 0 Å². The van der Waals surface area contributed by atoms with Crippen molar-refractivity contribution in [2.75, 3.05) is 11.9 Å². The summed E-state index contributed by atoms with van der Waals surface area (Å²) in [6.07, 6.45) is 5.24. The maximum absolute atomic E-state index is 11.0. The van der Waals surface area contributed by atoms with Gasteiger partial charge in [-0.3, -0.25) is 4.79 Å². The Kier molecular flexibility index (Phi) is 6.15. The summed E-state index contributed by atoms with van der Waals surface area (Å²) >= 11 is 0. The number of carbonyl (C=O) groups excluding carboxylic acids is 1. The Labute approximate surface area is 109 Å². The van der Waals surface area contributed by atoms with E-state index < -0.39 is 0 Å². The normalized spacial score (nSPS) is 12.6. The molecule has 0 aliphatic heterocycles. The summed E-state index contributed by atoms with van der Waals surface area (Å²) < 4.78 is 0. The van der Waals surface area contributed by atoms with E-state index in [2.05, 4.69) is 35.8 Å². The fourth-order valence-electron chi connectivity index (χ4n) is 1.76. The number of amides is 1. The molecule has 1 rings (SSSR count). The lowest BCUT2D eigenvalue weighted by Crippen LogP contribution is -2.19. The van der Waals surface area contributed by atoms with Crippen LogP contribution >= 0.6 is 0 Å². The molecule has 0 aromatic heterocycles. The molecule has 0 saturated heterocycles. The van der Waals surface area contributed by atoms with Crippen molar-refractivity contribution in [3.05, 3.63) is 42.0 Å². The Hall–Kier alpha value is -1.61. The Morgan fingerprint density at radius 2 is 2.22 bits per heavy atom. The van der Waals surface area contributed by atoms with E-state index in [-0.39, 0.29) is 11.9 Å². The van der Waals surface area contributed by atoms with Crippen LogP contribution in [0.15, 0.2) is 36.4 Å². The monoisotopic (exact) mass is 246 g/mol. The van der Waals surface area contributed by atoms with Gasteiger partial charge in [-0.1, -0.05) is 24.3 Å². The fraction of sp³-hybridized carbons (Fsp3) is 0.400. The van der Waals surface area contributed by atoms with Crippen LogP contribution < -0.4 is 10.6 Å². The van der Waals surface area contributed by atoms with Crippen LogP contribution in [0.5, 0.6) is 0 Å². The smallest absolute Gasteiger partial charge is 0.221 e. The molecule has 18 heavy (non-hydrogen) atoms. The van der Waals surface area contributed by atoms with E-state index >= 15 is 0 Å². The Bertz CT molecular complexity index is 413. The first kappa shape index (κ1) is 14.5. The third-order valence-corrected chi connectivity index (χ3v) is 2.70. The molecule has 0 bridgehead atoms. The molecular formula is C15H22N2O. The van der Waals surface area contributed by atoms with Crippen molar-refractivity contribution >= 4 is 11.6 Å². The average molecular weight is 246 g/mol. The van der Waals surface area contributed by atoms with Crippen molar-refractivity contribution in [2.24, 2.45) is 0 Å². The number of benzene rings is 1. The van der Waals surface area contributed by atoms with Gasteiger partial charge in [0, 0.05) is 18.7 Å². The first-order valence-electron chi connectivity index (χ1n) is 6.35. The number of hydrogen-bond acceptors (Lipinski definition) is 2. The zero-order chi connectivity index (χ0) is 13.4. The predicted molar refractivity (Wildman–Crippen MR) is 76.6 cm³/mol. The second kappa shape index (κ2) is 7.67. The van der Waals surface area contributed by atoms with Crippen molar-refractivity contribution in [1.82, 2.24) is 5.32 Å². The number of hydrogen-bond donors (Lipinski definition) is 2. The van der Waals surface area contributed by atoms with Crippen LogP contribution in [0.25, 0.3) is 0 Å². The van der Waals surface area contributed by atoms with E-state index in [1.807, 2.05) is 25.1 Å². The van der Waals surface area contributed by atoms with Crippen molar-refractivity contribution < 1.29 is 4.79 Å². The van der Waals surface area contributed by atoms with Crippen LogP contribution in [0.3, 0.4) is 0 Å². The molecule has 3 nitrogen and oxygen atoms in total. The maximum atomic E-state index is 11.0. The minimum atomic E-state index is -0.0409. The van der Waals surface area contributed by atoms with Crippen LogP contribution in [-0.4, -0.2) is 12.5 Å². The van der Waals surface area contributed by atoms with E-state index in [4.69, 9.17) is 0 Å². The number of carbonyl (C=O) groups is 1. The second-order valence-corrected chi connectivity index (χ2v) is 4.34. The fourth-order valence-corrected chi connectivity index (χ4v) is 1.76. The highest BCUT2D eigenvalue weighted by Gasteiger charge is 2.05. The van der Waals surface area contributed by atoms with E-state index in [1.165, 1.54) is 12.5 Å². The highest BCUT2D eigenvalue weighted by molar-refractivity contribution is 5.88. The Morgan fingerprint density at radius 1 is 1.44 bits per heavy atom. The zero-order valence-corrected chi connectivity index (χ0v) is 11.4. The molecule has 1 amide bonds. The lowest BCUT2D eigenvalue weighted by atomic mass is 10.1. The van der Waals surface area contributed by atoms with E-state index in [0.717, 1.165) is 18.7 Å². The van der Waals surface area contributed by atoms with Gasteiger partial charge in [-0.15, -0.1) is 0 Å². The molecule has 1 unspecified atom stereocenters. The van der Waals surface area contributed by atoms with Crippen LogP contribution in [0.1, 0.15) is 38.8 Å². The van der Waals surface area contributed by atoms with Gasteiger partial charge < -0.3 is 10.6 Å². The third kappa shape index (κ3) is 5.15. The molecule has 0 aliphatic carbocycles. The standard InChI is InChI=1S/C15H22N2O/c1-4-5-6-10-16-12(2)14-8-7-9-15(11-14)17-13(3)18/h4-5,7-9,11-12,16H,6,10H2,1-3H3,(H,17,18)/b5-4+. The van der Waals surface area contributed by atoms with Crippen molar-refractivity contribution in [2.45, 2.75) is 33.2 Å². The zero-order valence-electron chi connectivity index (χ0n) is 11.4. The number of rotatable bonds is 6. The minimum absolute atomic E-state index is 0.0409. The van der Waals surface area contributed by atoms with Gasteiger partial charge in [0.25, 0.3) is 0 Å². The highest BCUT2D eigenvalue weighted by Crippen LogP contribution is 2.17. The Balaban J connectivity index is 2.56. The molecule has 2 N–H and O–H groups in total. The molecule has 98 valence electrons. The van der Waals surface area contributed by atoms with Crippen LogP contribution in [0.4, 0.5) is 5.69 Å². The molecule has 3 heteroatoms. The first-order chi connectivity index (χ1) is 8.63. The second-order valence-electron chi connectivity index (χ2n) is 4.34. The highest BCUT2D eigenvalue weighted by atomic mass is 16.1. The van der Waals surface area contributed by atoms with Gasteiger partial charge in [0.1, 0.15) is 0 Å². The first-order valence-corrected chi connectivity index (χ1v) is 6.35. The molecule has 0 radical (unpaired) electrons. The van der Waals surface area contributed by atoms with Gasteiger partial charge in [0.2, 0.25) is 5.91 Å². The summed E-state index contributed by atoms with van der Waals surface area (Å²) in [5, 5.41) is 6.25. The molecule has 0 spiro atoms. The summed E-state index contributed by atoms with van der Waals surface area (Å²) in [4.78, 5) is 11.0. The van der Waals surface area contributed by atoms with Crippen molar-refractivity contribution in [3.8, 4) is 0 Å². The molecule has 0 fully saturated rings. The SMILES string of the molecule is C/C=C/CCNC(C)c1cccc(NC(C)=O)c1. The summed E-state index contributed by atoms with van der Waals surface area (Å²) in [5.74, 6) is -0.0409. The number of allylic oxidation sites excluding steroid dienone is 1. The predicted octanol–water partition coefficient (Wildman–Crippen LogP) is 3.26.